The van der Waals surface area contributed by atoms with E-state index in [0.717, 1.165) is 17.8 Å². The molecule has 4 fully saturated rings. The molecule has 4 aliphatic carbocycles. The quantitative estimate of drug-likeness (QED) is 0.683. The average Bonchev–Trinajstić information content (AvgIpc) is 3.41. The molecular formula is C19H22N8OS. The van der Waals surface area contributed by atoms with Crippen LogP contribution in [0.5, 0.6) is 0 Å². The van der Waals surface area contributed by atoms with E-state index < -0.39 is 0 Å². The van der Waals surface area contributed by atoms with E-state index in [1.807, 2.05) is 0 Å². The Morgan fingerprint density at radius 3 is 2.59 bits per heavy atom. The molecule has 3 heterocycles. The van der Waals surface area contributed by atoms with Crippen LogP contribution < -0.4 is 5.32 Å². The van der Waals surface area contributed by atoms with Crippen molar-refractivity contribution in [2.45, 2.75) is 50.9 Å². The molecule has 4 saturated carbocycles. The van der Waals surface area contributed by atoms with E-state index in [4.69, 9.17) is 4.98 Å². The fraction of sp³-hybridized carbons (Fsp3) is 0.579. The Bertz CT molecular complexity index is 1030. The van der Waals surface area contributed by atoms with Gasteiger partial charge < -0.3 is 0 Å². The predicted octanol–water partition coefficient (Wildman–Crippen LogP) is 2.87. The minimum atomic E-state index is -0.363. The van der Waals surface area contributed by atoms with Crippen LogP contribution in [0.25, 0.3) is 5.95 Å². The summed E-state index contributed by atoms with van der Waals surface area (Å²) in [7, 11) is 0. The fourth-order valence-electron chi connectivity index (χ4n) is 6.14. The van der Waals surface area contributed by atoms with Crippen molar-refractivity contribution in [2.24, 2.45) is 17.8 Å². The van der Waals surface area contributed by atoms with Gasteiger partial charge in [-0.2, -0.15) is 14.8 Å². The van der Waals surface area contributed by atoms with Crippen molar-refractivity contribution in [1.82, 2.24) is 34.9 Å². The Hall–Kier alpha value is -2.62. The number of amides is 1. The maximum Gasteiger partial charge on any atom is 0.297 e. The molecule has 10 heteroatoms. The Balaban J connectivity index is 1.22. The number of carbonyl (C=O) groups is 1. The monoisotopic (exact) mass is 410 g/mol. The zero-order valence-electron chi connectivity index (χ0n) is 16.1. The van der Waals surface area contributed by atoms with Crippen LogP contribution in [0.2, 0.25) is 0 Å². The molecular weight excluding hydrogens is 388 g/mol. The van der Waals surface area contributed by atoms with Gasteiger partial charge in [-0.3, -0.25) is 10.1 Å². The van der Waals surface area contributed by atoms with Crippen LogP contribution >= 0.6 is 11.3 Å². The molecule has 3 aromatic heterocycles. The first kappa shape index (κ1) is 17.3. The van der Waals surface area contributed by atoms with Gasteiger partial charge in [0.15, 0.2) is 5.13 Å². The third kappa shape index (κ3) is 2.80. The van der Waals surface area contributed by atoms with Crippen molar-refractivity contribution in [1.29, 1.82) is 0 Å². The number of nitrogens with zero attached hydrogens (tertiary/aromatic N) is 6. The maximum atomic E-state index is 12.7. The summed E-state index contributed by atoms with van der Waals surface area (Å²) in [4.78, 5) is 25.8. The van der Waals surface area contributed by atoms with Gasteiger partial charge in [0.1, 0.15) is 12.2 Å². The number of carbonyl (C=O) groups excluding carboxylic acids is 1. The lowest BCUT2D eigenvalue weighted by Crippen LogP contribution is -2.48. The second-order valence-corrected chi connectivity index (χ2v) is 9.75. The summed E-state index contributed by atoms with van der Waals surface area (Å²) in [6, 6.07) is 0. The maximum absolute atomic E-state index is 12.7. The van der Waals surface area contributed by atoms with Crippen LogP contribution in [-0.4, -0.2) is 40.8 Å². The standard InChI is InChI=1S/C19H22N8OS/c1-10-22-15(26-27(10)17-20-9-21-25-17)16(28)24-18-23-14(8-29-18)19-5-11-2-12(6-19)4-13(3-11)7-19/h8-9,11-13H,2-7H2,1H3,(H,20,21,25)(H,23,24,28). The number of hydrogen-bond donors (Lipinski definition) is 2. The second-order valence-electron chi connectivity index (χ2n) is 8.89. The molecule has 0 radical (unpaired) electrons. The minimum Gasteiger partial charge on any atom is -0.295 e. The molecule has 150 valence electrons. The number of aromatic amines is 1. The van der Waals surface area contributed by atoms with Crippen LogP contribution in [0, 0.1) is 24.7 Å². The fourth-order valence-corrected chi connectivity index (χ4v) is 6.97. The Kier molecular flexibility index (Phi) is 3.68. The number of H-pyrrole nitrogens is 1. The highest BCUT2D eigenvalue weighted by Gasteiger charge is 2.52. The molecule has 4 aliphatic rings. The van der Waals surface area contributed by atoms with Gasteiger partial charge in [-0.05, 0) is 63.2 Å². The summed E-state index contributed by atoms with van der Waals surface area (Å²) >= 11 is 1.50. The van der Waals surface area contributed by atoms with Crippen molar-refractivity contribution in [3.63, 3.8) is 0 Å². The van der Waals surface area contributed by atoms with Crippen LogP contribution in [0.15, 0.2) is 11.7 Å². The smallest absolute Gasteiger partial charge is 0.295 e. The lowest BCUT2D eigenvalue weighted by Gasteiger charge is -2.56. The summed E-state index contributed by atoms with van der Waals surface area (Å²) in [5.74, 6) is 3.31. The molecule has 2 N–H and O–H groups in total. The van der Waals surface area contributed by atoms with Gasteiger partial charge in [-0.15, -0.1) is 16.4 Å². The lowest BCUT2D eigenvalue weighted by atomic mass is 9.49. The molecule has 0 unspecified atom stereocenters. The van der Waals surface area contributed by atoms with Crippen molar-refractivity contribution in [3.05, 3.63) is 29.1 Å². The molecule has 9 nitrogen and oxygen atoms in total. The van der Waals surface area contributed by atoms with Crippen LogP contribution in [0.3, 0.4) is 0 Å². The van der Waals surface area contributed by atoms with Gasteiger partial charge in [0.25, 0.3) is 5.91 Å². The van der Waals surface area contributed by atoms with E-state index >= 15 is 0 Å². The highest BCUT2D eigenvalue weighted by molar-refractivity contribution is 7.14. The number of nitrogens with one attached hydrogen (secondary N) is 2. The minimum absolute atomic E-state index is 0.0884. The lowest BCUT2D eigenvalue weighted by molar-refractivity contribution is -0.00688. The molecule has 29 heavy (non-hydrogen) atoms. The highest BCUT2D eigenvalue weighted by Crippen LogP contribution is 2.60. The zero-order valence-corrected chi connectivity index (χ0v) is 16.9. The molecule has 0 saturated heterocycles. The van der Waals surface area contributed by atoms with Crippen LogP contribution in [0.4, 0.5) is 5.13 Å². The molecule has 4 bridgehead atoms. The van der Waals surface area contributed by atoms with E-state index in [1.54, 1.807) is 6.92 Å². The second kappa shape index (κ2) is 6.19. The summed E-state index contributed by atoms with van der Waals surface area (Å²) in [6.45, 7) is 1.76. The van der Waals surface area contributed by atoms with E-state index in [-0.39, 0.29) is 17.1 Å². The zero-order chi connectivity index (χ0) is 19.6. The summed E-state index contributed by atoms with van der Waals surface area (Å²) < 4.78 is 1.46. The highest BCUT2D eigenvalue weighted by atomic mass is 32.1. The molecule has 3 aromatic rings. The largest absolute Gasteiger partial charge is 0.297 e. The van der Waals surface area contributed by atoms with Crippen molar-refractivity contribution in [2.75, 3.05) is 5.32 Å². The summed E-state index contributed by atoms with van der Waals surface area (Å²) in [5, 5.41) is 16.4. The van der Waals surface area contributed by atoms with Gasteiger partial charge in [0.05, 0.1) is 5.69 Å². The molecule has 0 aliphatic heterocycles. The van der Waals surface area contributed by atoms with Crippen molar-refractivity contribution < 1.29 is 4.79 Å². The first-order chi connectivity index (χ1) is 14.1. The van der Waals surface area contributed by atoms with E-state index in [9.17, 15) is 4.79 Å². The van der Waals surface area contributed by atoms with Gasteiger partial charge in [0.2, 0.25) is 11.8 Å². The topological polar surface area (TPSA) is 114 Å². The van der Waals surface area contributed by atoms with E-state index in [1.165, 1.54) is 66.6 Å². The van der Waals surface area contributed by atoms with Crippen molar-refractivity contribution >= 4 is 22.4 Å². The molecule has 0 aromatic carbocycles. The number of hydrogen-bond acceptors (Lipinski definition) is 7. The third-order valence-corrected chi connectivity index (χ3v) is 7.64. The normalized spacial score (nSPS) is 30.0. The summed E-state index contributed by atoms with van der Waals surface area (Å²) in [6.07, 6.45) is 9.40. The number of rotatable bonds is 4. The SMILES string of the molecule is Cc1nc(C(=O)Nc2nc(C34CC5CC(CC(C5)C3)C4)cs2)nn1-c1ncn[nH]1. The summed E-state index contributed by atoms with van der Waals surface area (Å²) in [5.41, 5.74) is 1.41. The Labute approximate surface area is 171 Å². The number of aromatic nitrogens is 7. The predicted molar refractivity (Wildman–Crippen MR) is 106 cm³/mol. The van der Waals surface area contributed by atoms with Gasteiger partial charge in [0, 0.05) is 10.8 Å². The van der Waals surface area contributed by atoms with Gasteiger partial charge in [-0.25, -0.2) is 15.1 Å². The average molecular weight is 411 g/mol. The number of anilines is 1. The Morgan fingerprint density at radius 2 is 1.93 bits per heavy atom. The molecule has 1 amide bonds. The van der Waals surface area contributed by atoms with E-state index in [2.05, 4.69) is 36.0 Å². The molecule has 0 atom stereocenters. The van der Waals surface area contributed by atoms with Crippen LogP contribution in [0.1, 0.15) is 60.7 Å². The first-order valence-electron chi connectivity index (χ1n) is 10.1. The Morgan fingerprint density at radius 1 is 1.21 bits per heavy atom. The third-order valence-electron chi connectivity index (χ3n) is 6.88. The molecule has 0 spiro atoms. The van der Waals surface area contributed by atoms with Crippen LogP contribution in [-0.2, 0) is 5.41 Å². The van der Waals surface area contributed by atoms with Gasteiger partial charge in [-0.1, -0.05) is 0 Å². The van der Waals surface area contributed by atoms with E-state index in [0.29, 0.717) is 16.9 Å². The molecule has 7 rings (SSSR count). The first-order valence-corrected chi connectivity index (χ1v) is 11.0. The number of aryl methyl sites for hydroxylation is 1. The van der Waals surface area contributed by atoms with Gasteiger partial charge >= 0.3 is 0 Å². The van der Waals surface area contributed by atoms with Crippen molar-refractivity contribution in [3.8, 4) is 5.95 Å². The number of thiazole rings is 1.